The first-order valence-electron chi connectivity index (χ1n) is 8.20. The number of nitrogens with zero attached hydrogens (tertiary/aromatic N) is 3. The van der Waals surface area contributed by atoms with Gasteiger partial charge in [0.15, 0.2) is 5.65 Å². The number of hydrogen-bond acceptors (Lipinski definition) is 4. The molecule has 0 radical (unpaired) electrons. The van der Waals surface area contributed by atoms with Crippen molar-refractivity contribution in [1.29, 1.82) is 0 Å². The Bertz CT molecular complexity index is 822. The summed E-state index contributed by atoms with van der Waals surface area (Å²) in [5, 5.41) is 8.18. The monoisotopic (exact) mass is 472 g/mol. The van der Waals surface area contributed by atoms with Gasteiger partial charge in [0.25, 0.3) is 0 Å². The Morgan fingerprint density at radius 3 is 2.54 bits per heavy atom. The minimum atomic E-state index is -0.222. The van der Waals surface area contributed by atoms with E-state index in [0.29, 0.717) is 5.92 Å². The zero-order valence-electron chi connectivity index (χ0n) is 14.6. The number of aryl methyl sites for hydroxylation is 2. The molecule has 3 rings (SSSR count). The Balaban J connectivity index is 2.25. The van der Waals surface area contributed by atoms with Crippen LogP contribution < -0.4 is 5.32 Å². The molecule has 3 heterocycles. The van der Waals surface area contributed by atoms with Crippen molar-refractivity contribution in [2.45, 2.75) is 57.2 Å². The third kappa shape index (κ3) is 3.15. The highest BCUT2D eigenvalue weighted by molar-refractivity contribution is 9.13. The first kappa shape index (κ1) is 18.3. The number of imidazole rings is 1. The number of alkyl halides is 1. The average molecular weight is 474 g/mol. The van der Waals surface area contributed by atoms with Crippen molar-refractivity contribution in [3.8, 4) is 0 Å². The van der Waals surface area contributed by atoms with Crippen molar-refractivity contribution in [1.82, 2.24) is 19.9 Å². The molecule has 24 heavy (non-hydrogen) atoms. The SMILES string of the molecule is CCC(CC)c1cc(C)nn2c(C3=C(Br)NC(C)(Br)S3)c(C)nc12. The second-order valence-electron chi connectivity index (χ2n) is 6.32. The van der Waals surface area contributed by atoms with Crippen LogP contribution in [0.1, 0.15) is 62.2 Å². The predicted octanol–water partition coefficient (Wildman–Crippen LogP) is 5.68. The van der Waals surface area contributed by atoms with Gasteiger partial charge in [0.1, 0.15) is 9.47 Å². The van der Waals surface area contributed by atoms with Crippen LogP contribution in [-0.4, -0.2) is 18.4 Å². The summed E-state index contributed by atoms with van der Waals surface area (Å²) in [5.74, 6) is 0.511. The minimum absolute atomic E-state index is 0.222. The molecule has 4 nitrogen and oxygen atoms in total. The van der Waals surface area contributed by atoms with Crippen LogP contribution in [0.25, 0.3) is 10.6 Å². The smallest absolute Gasteiger partial charge is 0.158 e. The van der Waals surface area contributed by atoms with Crippen molar-refractivity contribution in [3.63, 3.8) is 0 Å². The van der Waals surface area contributed by atoms with Crippen molar-refractivity contribution in [3.05, 3.63) is 33.3 Å². The van der Waals surface area contributed by atoms with Crippen LogP contribution in [0.2, 0.25) is 0 Å². The molecule has 130 valence electrons. The van der Waals surface area contributed by atoms with Gasteiger partial charge in [-0.1, -0.05) is 25.6 Å². The van der Waals surface area contributed by atoms with Gasteiger partial charge in [-0.05, 0) is 77.5 Å². The molecule has 0 amide bonds. The van der Waals surface area contributed by atoms with E-state index in [1.54, 1.807) is 11.8 Å². The quantitative estimate of drug-likeness (QED) is 0.458. The fourth-order valence-electron chi connectivity index (χ4n) is 3.24. The Kier molecular flexibility index (Phi) is 5.06. The van der Waals surface area contributed by atoms with E-state index >= 15 is 0 Å². The largest absolute Gasteiger partial charge is 0.355 e. The van der Waals surface area contributed by atoms with Crippen LogP contribution in [-0.2, 0) is 0 Å². The number of rotatable bonds is 4. The summed E-state index contributed by atoms with van der Waals surface area (Å²) in [5.41, 5.74) is 5.38. The highest BCUT2D eigenvalue weighted by Gasteiger charge is 2.35. The molecule has 0 spiro atoms. The Labute approximate surface area is 164 Å². The van der Waals surface area contributed by atoms with E-state index in [2.05, 4.69) is 77.9 Å². The van der Waals surface area contributed by atoms with Gasteiger partial charge in [-0.2, -0.15) is 5.10 Å². The van der Waals surface area contributed by atoms with E-state index in [1.807, 2.05) is 4.52 Å². The number of halogens is 2. The van der Waals surface area contributed by atoms with E-state index in [1.165, 1.54) is 5.56 Å². The maximum atomic E-state index is 4.89. The second kappa shape index (κ2) is 6.65. The van der Waals surface area contributed by atoms with Gasteiger partial charge < -0.3 is 5.32 Å². The van der Waals surface area contributed by atoms with E-state index in [9.17, 15) is 0 Å². The van der Waals surface area contributed by atoms with Gasteiger partial charge in [-0.25, -0.2) is 9.50 Å². The van der Waals surface area contributed by atoms with Crippen LogP contribution in [0.5, 0.6) is 0 Å². The lowest BCUT2D eigenvalue weighted by Crippen LogP contribution is -2.24. The third-order valence-corrected chi connectivity index (χ3v) is 7.00. The lowest BCUT2D eigenvalue weighted by atomic mass is 9.95. The molecule has 1 aliphatic heterocycles. The minimum Gasteiger partial charge on any atom is -0.355 e. The summed E-state index contributed by atoms with van der Waals surface area (Å²) in [6, 6.07) is 2.20. The third-order valence-electron chi connectivity index (χ3n) is 4.38. The second-order valence-corrected chi connectivity index (χ2v) is 10.7. The number of hydrogen-bond donors (Lipinski definition) is 1. The molecular formula is C17H22Br2N4S. The molecular weight excluding hydrogens is 452 g/mol. The summed E-state index contributed by atoms with van der Waals surface area (Å²) in [6.07, 6.45) is 2.22. The zero-order valence-corrected chi connectivity index (χ0v) is 18.6. The van der Waals surface area contributed by atoms with Crippen molar-refractivity contribution < 1.29 is 0 Å². The normalized spacial score (nSPS) is 21.2. The summed E-state index contributed by atoms with van der Waals surface area (Å²) >= 11 is 9.10. The molecule has 0 bridgehead atoms. The summed E-state index contributed by atoms with van der Waals surface area (Å²) in [7, 11) is 0. The average Bonchev–Trinajstić information content (AvgIpc) is 2.95. The van der Waals surface area contributed by atoms with Crippen molar-refractivity contribution >= 4 is 54.2 Å². The first-order chi connectivity index (χ1) is 11.3. The predicted molar refractivity (Wildman–Crippen MR) is 110 cm³/mol. The lowest BCUT2D eigenvalue weighted by Gasteiger charge is -2.16. The number of aromatic nitrogens is 3. The fourth-order valence-corrected chi connectivity index (χ4v) is 6.15. The molecule has 1 unspecified atom stereocenters. The van der Waals surface area contributed by atoms with Crippen molar-refractivity contribution in [2.24, 2.45) is 0 Å². The summed E-state index contributed by atoms with van der Waals surface area (Å²) in [4.78, 5) is 6.02. The molecule has 2 aromatic rings. The molecule has 0 aromatic carbocycles. The molecule has 2 aromatic heterocycles. The molecule has 0 aliphatic carbocycles. The molecule has 7 heteroatoms. The molecule has 0 saturated heterocycles. The molecule has 0 saturated carbocycles. The summed E-state index contributed by atoms with van der Waals surface area (Å²) in [6.45, 7) is 10.7. The van der Waals surface area contributed by atoms with E-state index in [-0.39, 0.29) is 3.78 Å². The van der Waals surface area contributed by atoms with Gasteiger partial charge in [-0.3, -0.25) is 0 Å². The van der Waals surface area contributed by atoms with Gasteiger partial charge in [-0.15, -0.1) is 0 Å². The summed E-state index contributed by atoms with van der Waals surface area (Å²) < 4.78 is 2.78. The number of thioether (sulfide) groups is 1. The van der Waals surface area contributed by atoms with Gasteiger partial charge in [0, 0.05) is 5.56 Å². The van der Waals surface area contributed by atoms with Gasteiger partial charge >= 0.3 is 0 Å². The zero-order chi connectivity index (χ0) is 17.6. The Morgan fingerprint density at radius 1 is 1.33 bits per heavy atom. The maximum absolute atomic E-state index is 4.89. The van der Waals surface area contributed by atoms with Crippen LogP contribution in [0.3, 0.4) is 0 Å². The van der Waals surface area contributed by atoms with Gasteiger partial charge in [0.2, 0.25) is 0 Å². The first-order valence-corrected chi connectivity index (χ1v) is 10.6. The molecule has 0 fully saturated rings. The topological polar surface area (TPSA) is 42.2 Å². The lowest BCUT2D eigenvalue weighted by molar-refractivity contribution is 0.638. The number of nitrogens with one attached hydrogen (secondary N) is 1. The fraction of sp³-hybridized carbons (Fsp3) is 0.529. The van der Waals surface area contributed by atoms with Crippen LogP contribution in [0.15, 0.2) is 10.7 Å². The van der Waals surface area contributed by atoms with Crippen molar-refractivity contribution in [2.75, 3.05) is 0 Å². The van der Waals surface area contributed by atoms with Gasteiger partial charge in [0.05, 0.1) is 20.9 Å². The Morgan fingerprint density at radius 2 is 2.00 bits per heavy atom. The maximum Gasteiger partial charge on any atom is 0.158 e. The van der Waals surface area contributed by atoms with Crippen LogP contribution in [0, 0.1) is 13.8 Å². The van der Waals surface area contributed by atoms with Crippen LogP contribution >= 0.6 is 43.6 Å². The van der Waals surface area contributed by atoms with Crippen LogP contribution in [0.4, 0.5) is 0 Å². The van der Waals surface area contributed by atoms with E-state index in [4.69, 9.17) is 10.1 Å². The molecule has 1 aliphatic rings. The highest BCUT2D eigenvalue weighted by atomic mass is 79.9. The highest BCUT2D eigenvalue weighted by Crippen LogP contribution is 2.49. The van der Waals surface area contributed by atoms with E-state index < -0.39 is 0 Å². The standard InChI is InChI=1S/C17H22Br2N4S/c1-6-11(7-2)12-8-9(3)22-23-13(10(4)20-16(12)23)14-15(18)21-17(5,19)24-14/h8,11,21H,6-7H2,1-5H3. The van der Waals surface area contributed by atoms with E-state index in [0.717, 1.165) is 45.1 Å². The number of fused-ring (bicyclic) bond motifs is 1. The molecule has 1 atom stereocenters. The Hall–Kier alpha value is -0.530. The molecule has 1 N–H and O–H groups in total.